The number of furan rings is 1. The van der Waals surface area contributed by atoms with Gasteiger partial charge >= 0.3 is 5.97 Å². The van der Waals surface area contributed by atoms with Crippen LogP contribution in [0, 0.1) is 0 Å². The van der Waals surface area contributed by atoms with E-state index in [-0.39, 0.29) is 41.5 Å². The molecule has 0 fully saturated rings. The number of rotatable bonds is 13. The molecule has 1 aromatic heterocycles. The minimum absolute atomic E-state index is 0.0113. The third kappa shape index (κ3) is 7.94. The third-order valence-corrected chi connectivity index (χ3v) is 6.43. The summed E-state index contributed by atoms with van der Waals surface area (Å²) in [6.07, 6.45) is 5.55. The predicted molar refractivity (Wildman–Crippen MR) is 125 cm³/mol. The van der Waals surface area contributed by atoms with Crippen LogP contribution in [0.15, 0.2) is 28.2 Å². The van der Waals surface area contributed by atoms with Crippen molar-refractivity contribution < 1.29 is 23.8 Å². The number of alkyl halides is 1. The molecule has 1 amide bonds. The van der Waals surface area contributed by atoms with Crippen LogP contribution in [0.4, 0.5) is 0 Å². The summed E-state index contributed by atoms with van der Waals surface area (Å²) >= 11 is 6.20. The minimum atomic E-state index is -0.969. The van der Waals surface area contributed by atoms with Crippen LogP contribution >= 0.6 is 11.6 Å². The van der Waals surface area contributed by atoms with E-state index in [1.165, 1.54) is 6.92 Å². The molecule has 0 radical (unpaired) electrons. The van der Waals surface area contributed by atoms with Crippen molar-refractivity contribution in [2.45, 2.75) is 102 Å². The lowest BCUT2D eigenvalue weighted by Crippen LogP contribution is -2.58. The largest absolute Gasteiger partial charge is 0.478 e. The average Bonchev–Trinajstić information content (AvgIpc) is 3.22. The number of nitrogens with one attached hydrogen (secondary N) is 2. The van der Waals surface area contributed by atoms with E-state index in [1.54, 1.807) is 6.08 Å². The maximum Gasteiger partial charge on any atom is 0.331 e. The monoisotopic (exact) mass is 468 g/mol. The molecule has 3 N–H and O–H groups in total. The van der Waals surface area contributed by atoms with E-state index in [0.29, 0.717) is 6.54 Å². The summed E-state index contributed by atoms with van der Waals surface area (Å²) in [5, 5.41) is 16.1. The van der Waals surface area contributed by atoms with Crippen molar-refractivity contribution in [1.29, 1.82) is 0 Å². The quantitative estimate of drug-likeness (QED) is 0.375. The first kappa shape index (κ1) is 26.4. The Bertz CT molecular complexity index is 774. The van der Waals surface area contributed by atoms with Gasteiger partial charge in [-0.25, -0.2) is 4.79 Å². The van der Waals surface area contributed by atoms with E-state index in [2.05, 4.69) is 17.6 Å². The zero-order valence-electron chi connectivity index (χ0n) is 19.5. The van der Waals surface area contributed by atoms with Crippen molar-refractivity contribution in [3.8, 4) is 0 Å². The molecule has 180 valence electrons. The van der Waals surface area contributed by atoms with E-state index in [9.17, 15) is 14.7 Å². The highest BCUT2D eigenvalue weighted by atomic mass is 35.5. The number of carboxylic acids is 1. The topological polar surface area (TPSA) is 101 Å². The van der Waals surface area contributed by atoms with E-state index in [1.807, 2.05) is 26.0 Å². The van der Waals surface area contributed by atoms with Crippen LogP contribution in [0.1, 0.15) is 71.3 Å². The minimum Gasteiger partial charge on any atom is -0.478 e. The number of amides is 1. The van der Waals surface area contributed by atoms with Crippen LogP contribution < -0.4 is 10.6 Å². The van der Waals surface area contributed by atoms with Gasteiger partial charge in [0.05, 0.1) is 24.8 Å². The Kier molecular flexibility index (Phi) is 10.7. The van der Waals surface area contributed by atoms with Crippen LogP contribution in [0.5, 0.6) is 0 Å². The van der Waals surface area contributed by atoms with Gasteiger partial charge < -0.3 is 24.9 Å². The number of hydrogen-bond acceptors (Lipinski definition) is 5. The van der Waals surface area contributed by atoms with Crippen molar-refractivity contribution in [2.75, 3.05) is 0 Å². The van der Waals surface area contributed by atoms with Gasteiger partial charge in [-0.2, -0.15) is 0 Å². The second kappa shape index (κ2) is 13.0. The molecule has 32 heavy (non-hydrogen) atoms. The molecule has 1 heterocycles. The molecule has 0 spiro atoms. The summed E-state index contributed by atoms with van der Waals surface area (Å²) < 4.78 is 12.1. The fourth-order valence-electron chi connectivity index (χ4n) is 3.95. The zero-order chi connectivity index (χ0) is 23.7. The molecule has 1 aromatic rings. The van der Waals surface area contributed by atoms with Crippen LogP contribution in [0.2, 0.25) is 0 Å². The second-order valence-electron chi connectivity index (χ2n) is 8.37. The maximum absolute atomic E-state index is 11.9. The Balaban J connectivity index is 2.13. The summed E-state index contributed by atoms with van der Waals surface area (Å²) in [6, 6.07) is 3.17. The molecular weight excluding hydrogens is 432 g/mol. The summed E-state index contributed by atoms with van der Waals surface area (Å²) in [7, 11) is 0. The average molecular weight is 469 g/mol. The van der Waals surface area contributed by atoms with Gasteiger partial charge in [0.15, 0.2) is 0 Å². The Hall–Kier alpha value is -1.83. The van der Waals surface area contributed by atoms with Crippen molar-refractivity contribution in [3.63, 3.8) is 0 Å². The van der Waals surface area contributed by atoms with Crippen molar-refractivity contribution in [2.24, 2.45) is 0 Å². The highest BCUT2D eigenvalue weighted by Gasteiger charge is 2.37. The van der Waals surface area contributed by atoms with Crippen molar-refractivity contribution >= 4 is 23.5 Å². The molecule has 0 bridgehead atoms. The molecule has 1 aliphatic carbocycles. The van der Waals surface area contributed by atoms with Gasteiger partial charge in [-0.05, 0) is 50.3 Å². The summed E-state index contributed by atoms with van der Waals surface area (Å²) in [4.78, 5) is 23.7. The Morgan fingerprint density at radius 2 is 1.91 bits per heavy atom. The van der Waals surface area contributed by atoms with Crippen LogP contribution in [-0.4, -0.2) is 46.7 Å². The van der Waals surface area contributed by atoms with Crippen molar-refractivity contribution in [3.05, 3.63) is 35.3 Å². The normalized spacial score (nSPS) is 21.9. The first-order valence-corrected chi connectivity index (χ1v) is 12.0. The second-order valence-corrected chi connectivity index (χ2v) is 8.98. The molecule has 1 aliphatic rings. The number of aryl methyl sites for hydroxylation is 1. The molecule has 0 saturated carbocycles. The highest BCUT2D eigenvalue weighted by Crippen LogP contribution is 2.25. The molecule has 0 saturated heterocycles. The van der Waals surface area contributed by atoms with E-state index < -0.39 is 12.1 Å². The maximum atomic E-state index is 11.9. The first-order chi connectivity index (χ1) is 15.3. The number of carboxylic acid groups (broad SMARTS) is 1. The fourth-order valence-corrected chi connectivity index (χ4v) is 4.06. The van der Waals surface area contributed by atoms with Crippen LogP contribution in [0.3, 0.4) is 0 Å². The zero-order valence-corrected chi connectivity index (χ0v) is 20.3. The smallest absolute Gasteiger partial charge is 0.331 e. The summed E-state index contributed by atoms with van der Waals surface area (Å²) in [6.45, 7) is 8.00. The lowest BCUT2D eigenvalue weighted by atomic mass is 9.87. The lowest BCUT2D eigenvalue weighted by molar-refractivity contribution is -0.133. The molecular formula is C24H37ClN2O5. The highest BCUT2D eigenvalue weighted by molar-refractivity contribution is 6.20. The number of halogens is 1. The molecule has 7 nitrogen and oxygen atoms in total. The fraction of sp³-hybridized carbons (Fsp3) is 0.667. The number of carbonyl (C=O) groups is 2. The van der Waals surface area contributed by atoms with Gasteiger partial charge in [0.25, 0.3) is 0 Å². The number of hydrogen-bond donors (Lipinski definition) is 3. The molecule has 2 rings (SSSR count). The molecule has 4 atom stereocenters. The first-order valence-electron chi connectivity index (χ1n) is 11.6. The lowest BCUT2D eigenvalue weighted by Gasteiger charge is -2.38. The number of aliphatic carboxylic acids is 1. The SMILES string of the molecule is CCC(Cl)CCc1ccc(CN[C@H]2CC(C(=O)O)=C[C@@H](OC(CC)CC)[C@@H]2NC(C)=O)o1. The van der Waals surface area contributed by atoms with E-state index in [4.69, 9.17) is 20.8 Å². The standard InChI is InChI=1S/C24H37ClN2O5/c1-5-17(25)8-9-19-10-11-20(31-19)14-26-21-12-16(24(29)30)13-22(23(21)27-15(4)28)32-18(6-2)7-3/h10-11,13,17-18,21-23,26H,5-9,12,14H2,1-4H3,(H,27,28)(H,29,30)/t17?,21-,22+,23+/m0/s1. The van der Waals surface area contributed by atoms with E-state index >= 15 is 0 Å². The summed E-state index contributed by atoms with van der Waals surface area (Å²) in [5.41, 5.74) is 0.285. The van der Waals surface area contributed by atoms with Gasteiger partial charge in [0.1, 0.15) is 11.5 Å². The molecule has 0 aliphatic heterocycles. The van der Waals surface area contributed by atoms with Gasteiger partial charge in [0, 0.05) is 30.3 Å². The molecule has 1 unspecified atom stereocenters. The number of carbonyl (C=O) groups excluding carboxylic acids is 1. The van der Waals surface area contributed by atoms with Gasteiger partial charge in [-0.1, -0.05) is 20.8 Å². The van der Waals surface area contributed by atoms with Gasteiger partial charge in [-0.3, -0.25) is 4.79 Å². The van der Waals surface area contributed by atoms with E-state index in [0.717, 1.165) is 43.6 Å². The van der Waals surface area contributed by atoms with Gasteiger partial charge in [-0.15, -0.1) is 11.6 Å². The third-order valence-electron chi connectivity index (χ3n) is 5.90. The Labute approximate surface area is 195 Å². The van der Waals surface area contributed by atoms with Crippen molar-refractivity contribution in [1.82, 2.24) is 10.6 Å². The van der Waals surface area contributed by atoms with Gasteiger partial charge in [0.2, 0.25) is 5.91 Å². The number of ether oxygens (including phenoxy) is 1. The van der Waals surface area contributed by atoms with Crippen LogP contribution in [0.25, 0.3) is 0 Å². The van der Waals surface area contributed by atoms with Crippen LogP contribution in [-0.2, 0) is 27.3 Å². The molecule has 8 heteroatoms. The summed E-state index contributed by atoms with van der Waals surface area (Å²) in [5.74, 6) is 0.485. The Morgan fingerprint density at radius 1 is 1.22 bits per heavy atom. The Morgan fingerprint density at radius 3 is 2.50 bits per heavy atom. The molecule has 0 aromatic carbocycles. The predicted octanol–water partition coefficient (Wildman–Crippen LogP) is 4.18.